The normalized spacial score (nSPS) is 16.3. The summed E-state index contributed by atoms with van der Waals surface area (Å²) in [5.74, 6) is -0.617. The molecule has 0 radical (unpaired) electrons. The first-order valence-corrected chi connectivity index (χ1v) is 7.65. The standard InChI is InChI=1S/C16H19F3N2O3/c17-16(18,19)15(12-5-2-1-3-6-12)24-11-13(22)20-8-10-21-9-4-7-14(21)23/h1-3,5-6,15H,4,7-11H2,(H,20,22). The van der Waals surface area contributed by atoms with E-state index in [4.69, 9.17) is 4.74 Å². The van der Waals surface area contributed by atoms with E-state index in [0.29, 0.717) is 19.5 Å². The second kappa shape index (κ2) is 8.14. The van der Waals surface area contributed by atoms with E-state index in [1.165, 1.54) is 24.3 Å². The van der Waals surface area contributed by atoms with Crippen LogP contribution in [0.25, 0.3) is 0 Å². The van der Waals surface area contributed by atoms with Crippen molar-refractivity contribution in [3.8, 4) is 0 Å². The van der Waals surface area contributed by atoms with Crippen molar-refractivity contribution in [2.24, 2.45) is 0 Å². The Balaban J connectivity index is 1.79. The number of nitrogens with one attached hydrogen (secondary N) is 1. The zero-order valence-electron chi connectivity index (χ0n) is 13.0. The first-order chi connectivity index (χ1) is 11.4. The number of likely N-dealkylation sites (tertiary alicyclic amines) is 1. The molecule has 1 saturated heterocycles. The van der Waals surface area contributed by atoms with Crippen LogP contribution in [0.5, 0.6) is 0 Å². The number of carbonyl (C=O) groups excluding carboxylic acids is 2. The first kappa shape index (κ1) is 18.3. The maximum Gasteiger partial charge on any atom is 0.418 e. The number of nitrogens with zero attached hydrogens (tertiary/aromatic N) is 1. The highest BCUT2D eigenvalue weighted by molar-refractivity contribution is 5.78. The zero-order valence-corrected chi connectivity index (χ0v) is 13.0. The van der Waals surface area contributed by atoms with Crippen molar-refractivity contribution in [2.45, 2.75) is 25.1 Å². The van der Waals surface area contributed by atoms with Gasteiger partial charge in [-0.2, -0.15) is 13.2 Å². The summed E-state index contributed by atoms with van der Waals surface area (Å²) in [5, 5.41) is 2.46. The van der Waals surface area contributed by atoms with Crippen LogP contribution in [0.15, 0.2) is 30.3 Å². The second-order valence-corrected chi connectivity index (χ2v) is 5.48. The van der Waals surface area contributed by atoms with E-state index in [0.717, 1.165) is 6.42 Å². The minimum Gasteiger partial charge on any atom is -0.354 e. The lowest BCUT2D eigenvalue weighted by Gasteiger charge is -2.21. The summed E-state index contributed by atoms with van der Waals surface area (Å²) in [6.07, 6.45) is -5.46. The van der Waals surface area contributed by atoms with Gasteiger partial charge in [-0.1, -0.05) is 30.3 Å². The van der Waals surface area contributed by atoms with Gasteiger partial charge in [-0.25, -0.2) is 0 Å². The second-order valence-electron chi connectivity index (χ2n) is 5.48. The molecule has 8 heteroatoms. The molecule has 0 spiro atoms. The summed E-state index contributed by atoms with van der Waals surface area (Å²) in [5.41, 5.74) is -0.0551. The van der Waals surface area contributed by atoms with Gasteiger partial charge in [0, 0.05) is 26.1 Å². The van der Waals surface area contributed by atoms with Gasteiger partial charge in [0.15, 0.2) is 6.10 Å². The largest absolute Gasteiger partial charge is 0.418 e. The van der Waals surface area contributed by atoms with Gasteiger partial charge in [-0.3, -0.25) is 9.59 Å². The van der Waals surface area contributed by atoms with Gasteiger partial charge in [0.25, 0.3) is 0 Å². The molecule has 1 fully saturated rings. The van der Waals surface area contributed by atoms with Crippen LogP contribution in [0.3, 0.4) is 0 Å². The molecule has 1 atom stereocenters. The predicted octanol–water partition coefficient (Wildman–Crippen LogP) is 2.05. The third kappa shape index (κ3) is 5.23. The lowest BCUT2D eigenvalue weighted by atomic mass is 10.1. The summed E-state index contributed by atoms with van der Waals surface area (Å²) in [7, 11) is 0. The smallest absolute Gasteiger partial charge is 0.354 e. The number of rotatable bonds is 7. The van der Waals surface area contributed by atoms with Crippen molar-refractivity contribution in [3.05, 3.63) is 35.9 Å². The van der Waals surface area contributed by atoms with Gasteiger partial charge in [-0.05, 0) is 12.0 Å². The highest BCUT2D eigenvalue weighted by Crippen LogP contribution is 2.35. The number of benzene rings is 1. The van der Waals surface area contributed by atoms with Crippen LogP contribution in [0, 0.1) is 0 Å². The van der Waals surface area contributed by atoms with Crippen LogP contribution in [0.4, 0.5) is 13.2 Å². The van der Waals surface area contributed by atoms with Gasteiger partial charge < -0.3 is 15.0 Å². The Morgan fingerprint density at radius 1 is 1.29 bits per heavy atom. The molecule has 1 aromatic rings. The minimum absolute atomic E-state index is 0.0294. The summed E-state index contributed by atoms with van der Waals surface area (Å²) in [6, 6.07) is 7.16. The molecule has 1 aromatic carbocycles. The Kier molecular flexibility index (Phi) is 6.19. The van der Waals surface area contributed by atoms with E-state index >= 15 is 0 Å². The fraction of sp³-hybridized carbons (Fsp3) is 0.500. The van der Waals surface area contributed by atoms with Crippen molar-refractivity contribution < 1.29 is 27.5 Å². The van der Waals surface area contributed by atoms with E-state index in [2.05, 4.69) is 5.32 Å². The molecule has 0 aromatic heterocycles. The molecule has 132 valence electrons. The number of carbonyl (C=O) groups is 2. The van der Waals surface area contributed by atoms with Gasteiger partial charge in [-0.15, -0.1) is 0 Å². The van der Waals surface area contributed by atoms with Crippen LogP contribution in [0.2, 0.25) is 0 Å². The Labute approximate surface area is 137 Å². The average Bonchev–Trinajstić information content (AvgIpc) is 2.92. The maximum atomic E-state index is 13.1. The van der Waals surface area contributed by atoms with Crippen molar-refractivity contribution in [3.63, 3.8) is 0 Å². The minimum atomic E-state index is -4.61. The summed E-state index contributed by atoms with van der Waals surface area (Å²) in [6.45, 7) is 0.490. The molecule has 0 saturated carbocycles. The lowest BCUT2D eigenvalue weighted by Crippen LogP contribution is -2.37. The number of ether oxygens (including phenoxy) is 1. The number of alkyl halides is 3. The van der Waals surface area contributed by atoms with Crippen LogP contribution in [0.1, 0.15) is 24.5 Å². The van der Waals surface area contributed by atoms with Crippen LogP contribution < -0.4 is 5.32 Å². The highest BCUT2D eigenvalue weighted by atomic mass is 19.4. The predicted molar refractivity (Wildman–Crippen MR) is 80.0 cm³/mol. The van der Waals surface area contributed by atoms with E-state index in [-0.39, 0.29) is 18.0 Å². The quantitative estimate of drug-likeness (QED) is 0.824. The monoisotopic (exact) mass is 344 g/mol. The van der Waals surface area contributed by atoms with Crippen LogP contribution in [-0.2, 0) is 14.3 Å². The molecule has 1 unspecified atom stereocenters. The fourth-order valence-electron chi connectivity index (χ4n) is 2.49. The van der Waals surface area contributed by atoms with E-state index in [1.807, 2.05) is 0 Å². The third-order valence-corrected chi connectivity index (χ3v) is 3.66. The average molecular weight is 344 g/mol. The highest BCUT2D eigenvalue weighted by Gasteiger charge is 2.42. The molecule has 2 rings (SSSR count). The molecule has 24 heavy (non-hydrogen) atoms. The van der Waals surface area contributed by atoms with Crippen molar-refractivity contribution in [2.75, 3.05) is 26.2 Å². The first-order valence-electron chi connectivity index (χ1n) is 7.65. The van der Waals surface area contributed by atoms with Gasteiger partial charge >= 0.3 is 6.18 Å². The maximum absolute atomic E-state index is 13.1. The summed E-state index contributed by atoms with van der Waals surface area (Å²) < 4.78 is 43.9. The third-order valence-electron chi connectivity index (χ3n) is 3.66. The molecule has 1 aliphatic heterocycles. The van der Waals surface area contributed by atoms with Gasteiger partial charge in [0.2, 0.25) is 11.8 Å². The fourth-order valence-corrected chi connectivity index (χ4v) is 2.49. The molecule has 5 nitrogen and oxygen atoms in total. The molecular formula is C16H19F3N2O3. The van der Waals surface area contributed by atoms with Gasteiger partial charge in [0.1, 0.15) is 6.61 Å². The Bertz CT molecular complexity index is 563. The molecule has 2 amide bonds. The SMILES string of the molecule is O=C(COC(c1ccccc1)C(F)(F)F)NCCN1CCCC1=O. The molecule has 1 N–H and O–H groups in total. The van der Waals surface area contributed by atoms with Crippen molar-refractivity contribution >= 4 is 11.8 Å². The topological polar surface area (TPSA) is 58.6 Å². The van der Waals surface area contributed by atoms with Crippen LogP contribution in [-0.4, -0.2) is 49.1 Å². The van der Waals surface area contributed by atoms with Crippen molar-refractivity contribution in [1.82, 2.24) is 10.2 Å². The summed E-state index contributed by atoms with van der Waals surface area (Å²) in [4.78, 5) is 24.7. The molecule has 0 bridgehead atoms. The Morgan fingerprint density at radius 2 is 2.00 bits per heavy atom. The number of amides is 2. The molecule has 0 aliphatic carbocycles. The Hall–Kier alpha value is -2.09. The van der Waals surface area contributed by atoms with E-state index in [1.54, 1.807) is 11.0 Å². The number of hydrogen-bond acceptors (Lipinski definition) is 3. The van der Waals surface area contributed by atoms with Gasteiger partial charge in [0.05, 0.1) is 0 Å². The number of hydrogen-bond donors (Lipinski definition) is 1. The summed E-state index contributed by atoms with van der Waals surface area (Å²) >= 11 is 0. The lowest BCUT2D eigenvalue weighted by molar-refractivity contribution is -0.223. The van der Waals surface area contributed by atoms with E-state index in [9.17, 15) is 22.8 Å². The van der Waals surface area contributed by atoms with Crippen molar-refractivity contribution in [1.29, 1.82) is 0 Å². The zero-order chi connectivity index (χ0) is 17.6. The van der Waals surface area contributed by atoms with Crippen LogP contribution >= 0.6 is 0 Å². The molecule has 1 aliphatic rings. The molecule has 1 heterocycles. The Morgan fingerprint density at radius 3 is 2.58 bits per heavy atom. The number of halogens is 3. The van der Waals surface area contributed by atoms with E-state index < -0.39 is 24.8 Å². The molecular weight excluding hydrogens is 325 g/mol.